The molecule has 0 saturated carbocycles. The van der Waals surface area contributed by atoms with Crippen LogP contribution in [0.5, 0.6) is 0 Å². The van der Waals surface area contributed by atoms with Gasteiger partial charge >= 0.3 is 0 Å². The molecule has 0 heterocycles. The van der Waals surface area contributed by atoms with Gasteiger partial charge in [-0.05, 0) is 42.7 Å². The van der Waals surface area contributed by atoms with Gasteiger partial charge < -0.3 is 4.74 Å². The maximum atomic E-state index is 13.2. The molecule has 0 fully saturated rings. The fourth-order valence-electron chi connectivity index (χ4n) is 3.46. The normalized spacial score (nSPS) is 13.5. The lowest BCUT2D eigenvalue weighted by molar-refractivity contribution is 0.0712. The topological polar surface area (TPSA) is 26.3 Å². The second-order valence-electron chi connectivity index (χ2n) is 9.23. The van der Waals surface area contributed by atoms with Crippen LogP contribution in [0.15, 0.2) is 123 Å². The second-order valence-corrected chi connectivity index (χ2v) is 11.5. The molecule has 1 unspecified atom stereocenters. The summed E-state index contributed by atoms with van der Waals surface area (Å²) in [6.45, 7) is 9.12. The summed E-state index contributed by atoms with van der Waals surface area (Å²) in [4.78, 5) is 17.6. The molecular weight excluding hydrogens is 468 g/mol. The van der Waals surface area contributed by atoms with Crippen molar-refractivity contribution in [3.05, 3.63) is 119 Å². The molecule has 0 aliphatic carbocycles. The molecular formula is C31H34O2S2. The van der Waals surface area contributed by atoms with Gasteiger partial charge in [0.05, 0.1) is 6.10 Å². The molecule has 3 rings (SSSR count). The Hall–Kier alpha value is -2.53. The Morgan fingerprint density at radius 3 is 1.86 bits per heavy atom. The first-order valence-electron chi connectivity index (χ1n) is 11.9. The molecule has 0 spiro atoms. The standard InChI is InChI=1S/C31H34O2S2/c1-5-33-29(22-28(32)24-15-9-6-10-16-24)30(35-26-19-13-8-14-20-26)21-27(23-31(2,3)4)34-25-17-11-7-12-18-25/h6-21,23,29H,5,22H2,1-4H3/b27-23-,30-21-. The molecule has 0 radical (unpaired) electrons. The highest BCUT2D eigenvalue weighted by Gasteiger charge is 2.22. The van der Waals surface area contributed by atoms with Crippen LogP contribution < -0.4 is 0 Å². The van der Waals surface area contributed by atoms with E-state index in [-0.39, 0.29) is 17.3 Å². The summed E-state index contributed by atoms with van der Waals surface area (Å²) in [7, 11) is 0. The third kappa shape index (κ3) is 9.56. The Kier molecular flexibility index (Phi) is 10.5. The fourth-order valence-corrected chi connectivity index (χ4v) is 5.73. The molecule has 182 valence electrons. The summed E-state index contributed by atoms with van der Waals surface area (Å²) in [6.07, 6.45) is 4.46. The number of Topliss-reactive ketones (excluding diaryl/α,β-unsaturated/α-hetero) is 1. The van der Waals surface area contributed by atoms with E-state index < -0.39 is 0 Å². The number of hydrogen-bond acceptors (Lipinski definition) is 4. The minimum atomic E-state index is -0.336. The lowest BCUT2D eigenvalue weighted by Gasteiger charge is -2.22. The molecule has 0 bridgehead atoms. The largest absolute Gasteiger partial charge is 0.373 e. The predicted molar refractivity (Wildman–Crippen MR) is 151 cm³/mol. The number of benzene rings is 3. The fraction of sp³-hybridized carbons (Fsp3) is 0.258. The zero-order chi connectivity index (χ0) is 25.1. The first-order valence-corrected chi connectivity index (χ1v) is 13.6. The molecule has 0 aliphatic heterocycles. The predicted octanol–water partition coefficient (Wildman–Crippen LogP) is 9.06. The van der Waals surface area contributed by atoms with Crippen molar-refractivity contribution >= 4 is 29.3 Å². The molecule has 1 atom stereocenters. The molecule has 2 nitrogen and oxygen atoms in total. The minimum absolute atomic E-state index is 0.00287. The highest BCUT2D eigenvalue weighted by Crippen LogP contribution is 2.38. The first-order chi connectivity index (χ1) is 16.8. The summed E-state index contributed by atoms with van der Waals surface area (Å²) >= 11 is 3.40. The van der Waals surface area contributed by atoms with Gasteiger partial charge in [-0.25, -0.2) is 0 Å². The number of carbonyl (C=O) groups excluding carboxylic acids is 1. The van der Waals surface area contributed by atoms with Crippen molar-refractivity contribution in [2.24, 2.45) is 5.41 Å². The van der Waals surface area contributed by atoms with Gasteiger partial charge in [0.2, 0.25) is 0 Å². The number of ether oxygens (including phenoxy) is 1. The molecule has 0 amide bonds. The van der Waals surface area contributed by atoms with Crippen molar-refractivity contribution in [3.8, 4) is 0 Å². The molecule has 3 aromatic carbocycles. The van der Waals surface area contributed by atoms with Crippen molar-refractivity contribution in [2.45, 2.75) is 50.0 Å². The zero-order valence-corrected chi connectivity index (χ0v) is 22.6. The van der Waals surface area contributed by atoms with Gasteiger partial charge in [-0.15, -0.1) is 0 Å². The van der Waals surface area contributed by atoms with Crippen LogP contribution in [0, 0.1) is 5.41 Å². The Bertz CT molecular complexity index is 1110. The van der Waals surface area contributed by atoms with Crippen LogP contribution in [0.25, 0.3) is 0 Å². The van der Waals surface area contributed by atoms with Crippen LogP contribution in [0.1, 0.15) is 44.5 Å². The Morgan fingerprint density at radius 1 is 0.829 bits per heavy atom. The van der Waals surface area contributed by atoms with Crippen LogP contribution >= 0.6 is 23.5 Å². The number of hydrogen-bond donors (Lipinski definition) is 0. The van der Waals surface area contributed by atoms with Gasteiger partial charge in [-0.1, -0.05) is 117 Å². The molecule has 0 aliphatic rings. The number of rotatable bonds is 11. The highest BCUT2D eigenvalue weighted by atomic mass is 32.2. The molecule has 3 aromatic rings. The minimum Gasteiger partial charge on any atom is -0.373 e. The second kappa shape index (κ2) is 13.5. The van der Waals surface area contributed by atoms with Gasteiger partial charge in [0.25, 0.3) is 0 Å². The number of carbonyl (C=O) groups is 1. The smallest absolute Gasteiger partial charge is 0.165 e. The number of allylic oxidation sites excluding steroid dienone is 2. The van der Waals surface area contributed by atoms with Crippen LogP contribution in [0.4, 0.5) is 0 Å². The molecule has 35 heavy (non-hydrogen) atoms. The van der Waals surface area contributed by atoms with Crippen LogP contribution in [0.2, 0.25) is 0 Å². The van der Waals surface area contributed by atoms with Gasteiger partial charge in [0, 0.05) is 38.2 Å². The monoisotopic (exact) mass is 502 g/mol. The van der Waals surface area contributed by atoms with Crippen LogP contribution in [-0.2, 0) is 4.74 Å². The van der Waals surface area contributed by atoms with E-state index in [0.717, 1.165) is 14.7 Å². The number of thioether (sulfide) groups is 2. The average Bonchev–Trinajstić information content (AvgIpc) is 2.84. The average molecular weight is 503 g/mol. The van der Waals surface area contributed by atoms with E-state index in [1.165, 1.54) is 4.90 Å². The summed E-state index contributed by atoms with van der Waals surface area (Å²) in [5, 5.41) is 0. The lowest BCUT2D eigenvalue weighted by Crippen LogP contribution is -2.19. The molecule has 0 aromatic heterocycles. The Morgan fingerprint density at radius 2 is 1.34 bits per heavy atom. The Balaban J connectivity index is 2.01. The van der Waals surface area contributed by atoms with Crippen molar-refractivity contribution in [3.63, 3.8) is 0 Å². The van der Waals surface area contributed by atoms with E-state index in [1.54, 1.807) is 23.5 Å². The molecule has 0 saturated heterocycles. The van der Waals surface area contributed by atoms with Crippen molar-refractivity contribution in [1.29, 1.82) is 0 Å². The van der Waals surface area contributed by atoms with Crippen molar-refractivity contribution < 1.29 is 9.53 Å². The third-order valence-electron chi connectivity index (χ3n) is 4.97. The van der Waals surface area contributed by atoms with E-state index in [2.05, 4.69) is 69.3 Å². The quantitative estimate of drug-likeness (QED) is 0.148. The SMILES string of the molecule is CCOC(CC(=O)c1ccccc1)/C(=C/C(=C/C(C)(C)C)Sc1ccccc1)Sc1ccccc1. The maximum Gasteiger partial charge on any atom is 0.165 e. The molecule has 0 N–H and O–H groups in total. The summed E-state index contributed by atoms with van der Waals surface area (Å²) < 4.78 is 6.20. The zero-order valence-electron chi connectivity index (χ0n) is 20.9. The van der Waals surface area contributed by atoms with E-state index in [0.29, 0.717) is 18.6 Å². The summed E-state index contributed by atoms with van der Waals surface area (Å²) in [5.74, 6) is 0.0840. The van der Waals surface area contributed by atoms with E-state index in [9.17, 15) is 4.79 Å². The van der Waals surface area contributed by atoms with E-state index in [4.69, 9.17) is 4.74 Å². The van der Waals surface area contributed by atoms with Gasteiger partial charge in [0.15, 0.2) is 5.78 Å². The van der Waals surface area contributed by atoms with E-state index in [1.807, 2.05) is 61.5 Å². The van der Waals surface area contributed by atoms with Crippen LogP contribution in [-0.4, -0.2) is 18.5 Å². The van der Waals surface area contributed by atoms with Crippen LogP contribution in [0.3, 0.4) is 0 Å². The van der Waals surface area contributed by atoms with Crippen molar-refractivity contribution in [2.75, 3.05) is 6.61 Å². The third-order valence-corrected chi connectivity index (χ3v) is 7.07. The summed E-state index contributed by atoms with van der Waals surface area (Å²) in [5.41, 5.74) is 0.710. The highest BCUT2D eigenvalue weighted by molar-refractivity contribution is 8.04. The van der Waals surface area contributed by atoms with Gasteiger partial charge in [0.1, 0.15) is 0 Å². The van der Waals surface area contributed by atoms with E-state index >= 15 is 0 Å². The maximum absolute atomic E-state index is 13.2. The lowest BCUT2D eigenvalue weighted by atomic mass is 9.96. The summed E-state index contributed by atoms with van der Waals surface area (Å²) in [6, 6.07) is 30.1. The first kappa shape index (κ1) is 27.1. The van der Waals surface area contributed by atoms with Gasteiger partial charge in [-0.2, -0.15) is 0 Å². The number of ketones is 1. The van der Waals surface area contributed by atoms with Crippen molar-refractivity contribution in [1.82, 2.24) is 0 Å². The van der Waals surface area contributed by atoms with Gasteiger partial charge in [-0.3, -0.25) is 4.79 Å². The Labute approximate surface area is 218 Å². The molecule has 4 heteroatoms.